The second-order valence-electron chi connectivity index (χ2n) is 6.03. The second kappa shape index (κ2) is 5.90. The first kappa shape index (κ1) is 14.7. The number of anilines is 1. The van der Waals surface area contributed by atoms with Crippen LogP contribution < -0.4 is 10.6 Å². The fourth-order valence-corrected chi connectivity index (χ4v) is 3.38. The average Bonchev–Trinajstić information content (AvgIpc) is 2.90. The predicted octanol–water partition coefficient (Wildman–Crippen LogP) is 0.0876. The number of amides is 2. The van der Waals surface area contributed by atoms with E-state index >= 15 is 0 Å². The van der Waals surface area contributed by atoms with Crippen molar-refractivity contribution in [3.8, 4) is 0 Å². The molecule has 2 saturated heterocycles. The fourth-order valence-electron chi connectivity index (χ4n) is 3.38. The van der Waals surface area contributed by atoms with Crippen molar-refractivity contribution in [1.82, 2.24) is 14.9 Å². The maximum Gasteiger partial charge on any atom is 0.223 e. The summed E-state index contributed by atoms with van der Waals surface area (Å²) in [5.41, 5.74) is 6.25. The number of aryl methyl sites for hydroxylation is 1. The van der Waals surface area contributed by atoms with E-state index in [4.69, 9.17) is 5.73 Å². The van der Waals surface area contributed by atoms with Gasteiger partial charge in [0, 0.05) is 44.5 Å². The van der Waals surface area contributed by atoms with Crippen molar-refractivity contribution in [2.24, 2.45) is 11.7 Å². The van der Waals surface area contributed by atoms with Crippen LogP contribution in [0.5, 0.6) is 0 Å². The van der Waals surface area contributed by atoms with Crippen molar-refractivity contribution >= 4 is 17.6 Å². The molecule has 118 valence electrons. The summed E-state index contributed by atoms with van der Waals surface area (Å²) in [7, 11) is 0. The number of carbonyl (C=O) groups is 2. The van der Waals surface area contributed by atoms with Gasteiger partial charge in [-0.25, -0.2) is 4.98 Å². The molecule has 2 amide bonds. The van der Waals surface area contributed by atoms with Gasteiger partial charge in [-0.2, -0.15) is 0 Å². The SMILES string of the molecule is Cc1nccnc1N1CCC(N2CC(C(N)=O)CC2=O)CC1. The molecule has 2 aliphatic heterocycles. The van der Waals surface area contributed by atoms with E-state index in [0.717, 1.165) is 37.4 Å². The van der Waals surface area contributed by atoms with Gasteiger partial charge in [-0.15, -0.1) is 0 Å². The molecule has 0 spiro atoms. The zero-order valence-electron chi connectivity index (χ0n) is 12.7. The lowest BCUT2D eigenvalue weighted by molar-refractivity contribution is -0.130. The van der Waals surface area contributed by atoms with Crippen LogP contribution in [-0.2, 0) is 9.59 Å². The Hall–Kier alpha value is -2.18. The quantitative estimate of drug-likeness (QED) is 0.854. The number of piperidine rings is 1. The van der Waals surface area contributed by atoms with Gasteiger partial charge in [0.2, 0.25) is 11.8 Å². The van der Waals surface area contributed by atoms with Gasteiger partial charge in [0.05, 0.1) is 11.6 Å². The summed E-state index contributed by atoms with van der Waals surface area (Å²) in [4.78, 5) is 36.1. The zero-order chi connectivity index (χ0) is 15.7. The van der Waals surface area contributed by atoms with E-state index in [2.05, 4.69) is 14.9 Å². The number of likely N-dealkylation sites (tertiary alicyclic amines) is 1. The minimum absolute atomic E-state index is 0.0536. The Morgan fingerprint density at radius 1 is 1.27 bits per heavy atom. The average molecular weight is 303 g/mol. The number of nitrogens with two attached hydrogens (primary N) is 1. The van der Waals surface area contributed by atoms with E-state index in [1.807, 2.05) is 11.8 Å². The highest BCUT2D eigenvalue weighted by molar-refractivity contribution is 5.88. The molecule has 7 heteroatoms. The zero-order valence-corrected chi connectivity index (χ0v) is 12.7. The molecule has 22 heavy (non-hydrogen) atoms. The van der Waals surface area contributed by atoms with Crippen LogP contribution in [0.3, 0.4) is 0 Å². The number of hydrogen-bond donors (Lipinski definition) is 1. The Balaban J connectivity index is 1.62. The number of rotatable bonds is 3. The molecule has 2 N–H and O–H groups in total. The maximum atomic E-state index is 12.1. The molecule has 7 nitrogen and oxygen atoms in total. The molecule has 2 aliphatic rings. The highest BCUT2D eigenvalue weighted by Crippen LogP contribution is 2.27. The summed E-state index contributed by atoms with van der Waals surface area (Å²) < 4.78 is 0. The minimum atomic E-state index is -0.372. The Morgan fingerprint density at radius 2 is 1.95 bits per heavy atom. The standard InChI is InChI=1S/C15H21N5O2/c1-10-15(18-5-4-17-10)19-6-2-12(3-7-19)20-9-11(14(16)22)8-13(20)21/h4-5,11-12H,2-3,6-9H2,1H3,(H2,16,22). The third-order valence-corrected chi connectivity index (χ3v) is 4.62. The molecular formula is C15H21N5O2. The Labute approximate surface area is 129 Å². The van der Waals surface area contributed by atoms with Gasteiger partial charge < -0.3 is 15.5 Å². The number of nitrogens with zero attached hydrogens (tertiary/aromatic N) is 4. The van der Waals surface area contributed by atoms with Gasteiger partial charge in [-0.3, -0.25) is 14.6 Å². The van der Waals surface area contributed by atoms with Gasteiger partial charge in [0.1, 0.15) is 5.82 Å². The summed E-state index contributed by atoms with van der Waals surface area (Å²) in [5.74, 6) is 0.276. The molecule has 3 heterocycles. The molecule has 1 aromatic heterocycles. The van der Waals surface area contributed by atoms with Crippen molar-refractivity contribution in [2.75, 3.05) is 24.5 Å². The molecule has 1 atom stereocenters. The lowest BCUT2D eigenvalue weighted by Crippen LogP contribution is -2.46. The monoisotopic (exact) mass is 303 g/mol. The van der Waals surface area contributed by atoms with Gasteiger partial charge in [-0.05, 0) is 19.8 Å². The predicted molar refractivity (Wildman–Crippen MR) is 81.0 cm³/mol. The molecule has 1 aromatic rings. The molecule has 0 aromatic carbocycles. The number of aromatic nitrogens is 2. The van der Waals surface area contributed by atoms with E-state index < -0.39 is 0 Å². The fraction of sp³-hybridized carbons (Fsp3) is 0.600. The third-order valence-electron chi connectivity index (χ3n) is 4.62. The largest absolute Gasteiger partial charge is 0.369 e. The van der Waals surface area contributed by atoms with Crippen LogP contribution in [0.25, 0.3) is 0 Å². The Morgan fingerprint density at radius 3 is 2.55 bits per heavy atom. The summed E-state index contributed by atoms with van der Waals surface area (Å²) in [6.45, 7) is 4.11. The van der Waals surface area contributed by atoms with Crippen LogP contribution in [0.4, 0.5) is 5.82 Å². The molecule has 0 bridgehead atoms. The molecule has 1 unspecified atom stereocenters. The lowest BCUT2D eigenvalue weighted by Gasteiger charge is -2.37. The molecular weight excluding hydrogens is 282 g/mol. The Kier molecular flexibility index (Phi) is 3.96. The van der Waals surface area contributed by atoms with Gasteiger partial charge >= 0.3 is 0 Å². The van der Waals surface area contributed by atoms with Crippen LogP contribution in [0.15, 0.2) is 12.4 Å². The van der Waals surface area contributed by atoms with Crippen LogP contribution in [0, 0.1) is 12.8 Å². The highest BCUT2D eigenvalue weighted by Gasteiger charge is 2.38. The van der Waals surface area contributed by atoms with Crippen LogP contribution in [0.2, 0.25) is 0 Å². The minimum Gasteiger partial charge on any atom is -0.369 e. The van der Waals surface area contributed by atoms with Crippen molar-refractivity contribution < 1.29 is 9.59 Å². The topological polar surface area (TPSA) is 92.4 Å². The summed E-state index contributed by atoms with van der Waals surface area (Å²) in [5, 5.41) is 0. The molecule has 3 rings (SSSR count). The first-order valence-electron chi connectivity index (χ1n) is 7.67. The van der Waals surface area contributed by atoms with Crippen molar-refractivity contribution in [1.29, 1.82) is 0 Å². The number of hydrogen-bond acceptors (Lipinski definition) is 5. The number of primary amides is 1. The van der Waals surface area contributed by atoms with Crippen LogP contribution in [0.1, 0.15) is 25.0 Å². The van der Waals surface area contributed by atoms with E-state index in [-0.39, 0.29) is 30.2 Å². The summed E-state index contributed by atoms with van der Waals surface area (Å²) in [6, 6.07) is 0.199. The first-order valence-corrected chi connectivity index (χ1v) is 7.67. The van der Waals surface area contributed by atoms with Crippen molar-refractivity contribution in [3.05, 3.63) is 18.1 Å². The summed E-state index contributed by atoms with van der Waals surface area (Å²) >= 11 is 0. The first-order chi connectivity index (χ1) is 10.6. The van der Waals surface area contributed by atoms with E-state index in [1.54, 1.807) is 12.4 Å². The van der Waals surface area contributed by atoms with Crippen molar-refractivity contribution in [3.63, 3.8) is 0 Å². The number of carbonyl (C=O) groups excluding carboxylic acids is 2. The van der Waals surface area contributed by atoms with Crippen LogP contribution >= 0.6 is 0 Å². The molecule has 2 fully saturated rings. The second-order valence-corrected chi connectivity index (χ2v) is 6.03. The molecule has 0 aliphatic carbocycles. The van der Waals surface area contributed by atoms with Gasteiger partial charge in [-0.1, -0.05) is 0 Å². The smallest absolute Gasteiger partial charge is 0.223 e. The van der Waals surface area contributed by atoms with Crippen LogP contribution in [-0.4, -0.2) is 52.4 Å². The molecule has 0 saturated carbocycles. The molecule has 0 radical (unpaired) electrons. The highest BCUT2D eigenvalue weighted by atomic mass is 16.2. The normalized spacial score (nSPS) is 23.1. The third kappa shape index (κ3) is 2.75. The van der Waals surface area contributed by atoms with Gasteiger partial charge in [0.25, 0.3) is 0 Å². The van der Waals surface area contributed by atoms with E-state index in [0.29, 0.717) is 6.54 Å². The summed E-state index contributed by atoms with van der Waals surface area (Å²) in [6.07, 6.45) is 5.42. The lowest BCUT2D eigenvalue weighted by atomic mass is 10.0. The van der Waals surface area contributed by atoms with Crippen molar-refractivity contribution in [2.45, 2.75) is 32.2 Å². The Bertz CT molecular complexity index is 583. The van der Waals surface area contributed by atoms with E-state index in [1.165, 1.54) is 0 Å². The maximum absolute atomic E-state index is 12.1. The van der Waals surface area contributed by atoms with Gasteiger partial charge in [0.15, 0.2) is 0 Å². The van der Waals surface area contributed by atoms with E-state index in [9.17, 15) is 9.59 Å².